The minimum Gasteiger partial charge on any atom is -0.388 e. The summed E-state index contributed by atoms with van der Waals surface area (Å²) >= 11 is 0. The van der Waals surface area contributed by atoms with E-state index in [-0.39, 0.29) is 24.7 Å². The van der Waals surface area contributed by atoms with E-state index in [1.54, 1.807) is 11.8 Å². The van der Waals surface area contributed by atoms with Crippen LogP contribution in [0.2, 0.25) is 0 Å². The highest BCUT2D eigenvalue weighted by Crippen LogP contribution is 2.40. The Morgan fingerprint density at radius 2 is 1.84 bits per heavy atom. The van der Waals surface area contributed by atoms with Crippen molar-refractivity contribution >= 4 is 5.91 Å². The van der Waals surface area contributed by atoms with Gasteiger partial charge in [-0.1, -0.05) is 0 Å². The van der Waals surface area contributed by atoms with E-state index in [1.165, 1.54) is 0 Å². The maximum absolute atomic E-state index is 12.5. The highest BCUT2D eigenvalue weighted by Gasteiger charge is 2.44. The van der Waals surface area contributed by atoms with Crippen LogP contribution in [0, 0.1) is 11.8 Å². The van der Waals surface area contributed by atoms with Gasteiger partial charge in [0.25, 0.3) is 0 Å². The molecule has 19 heavy (non-hydrogen) atoms. The van der Waals surface area contributed by atoms with Crippen LogP contribution in [-0.2, 0) is 4.79 Å². The molecule has 1 amide bonds. The van der Waals surface area contributed by atoms with Gasteiger partial charge in [0.05, 0.1) is 11.5 Å². The molecule has 1 aliphatic carbocycles. The standard InChI is InChI=1S/C13H20F3NO2/c1-12(19)6-7-17(8-12)11(18)9-2-4-10(5-3-9)13(14,15)16/h9-10,19H,2-8H2,1H3. The Labute approximate surface area is 110 Å². The molecule has 1 N–H and O–H groups in total. The number of amides is 1. The van der Waals surface area contributed by atoms with E-state index in [9.17, 15) is 23.1 Å². The van der Waals surface area contributed by atoms with E-state index in [0.29, 0.717) is 32.4 Å². The maximum atomic E-state index is 12.5. The number of alkyl halides is 3. The van der Waals surface area contributed by atoms with Crippen molar-refractivity contribution < 1.29 is 23.1 Å². The molecule has 2 rings (SSSR count). The zero-order chi connectivity index (χ0) is 14.3. The van der Waals surface area contributed by atoms with E-state index >= 15 is 0 Å². The second kappa shape index (κ2) is 4.96. The monoisotopic (exact) mass is 279 g/mol. The van der Waals surface area contributed by atoms with Crippen LogP contribution in [0.3, 0.4) is 0 Å². The Kier molecular flexibility index (Phi) is 3.82. The van der Waals surface area contributed by atoms with E-state index in [4.69, 9.17) is 0 Å². The average Bonchev–Trinajstić information content (AvgIpc) is 2.68. The van der Waals surface area contributed by atoms with Crippen molar-refractivity contribution in [1.82, 2.24) is 4.90 Å². The van der Waals surface area contributed by atoms with Gasteiger partial charge in [-0.05, 0) is 39.0 Å². The smallest absolute Gasteiger partial charge is 0.388 e. The summed E-state index contributed by atoms with van der Waals surface area (Å²) in [5, 5.41) is 9.82. The van der Waals surface area contributed by atoms with Gasteiger partial charge in [-0.3, -0.25) is 4.79 Å². The van der Waals surface area contributed by atoms with Gasteiger partial charge < -0.3 is 10.0 Å². The Balaban J connectivity index is 1.87. The molecule has 0 aromatic carbocycles. The third-order valence-electron chi connectivity index (χ3n) is 4.30. The van der Waals surface area contributed by atoms with Crippen LogP contribution in [0.15, 0.2) is 0 Å². The summed E-state index contributed by atoms with van der Waals surface area (Å²) in [7, 11) is 0. The lowest BCUT2D eigenvalue weighted by Gasteiger charge is -2.31. The van der Waals surface area contributed by atoms with Crippen LogP contribution >= 0.6 is 0 Å². The fraction of sp³-hybridized carbons (Fsp3) is 0.923. The van der Waals surface area contributed by atoms with Crippen molar-refractivity contribution in [2.24, 2.45) is 11.8 Å². The molecule has 0 radical (unpaired) electrons. The fourth-order valence-electron chi connectivity index (χ4n) is 3.06. The number of rotatable bonds is 1. The minimum atomic E-state index is -4.13. The molecule has 1 atom stereocenters. The van der Waals surface area contributed by atoms with Gasteiger partial charge in [-0.15, -0.1) is 0 Å². The Hall–Kier alpha value is -0.780. The van der Waals surface area contributed by atoms with Crippen molar-refractivity contribution in [2.75, 3.05) is 13.1 Å². The SMILES string of the molecule is CC1(O)CCN(C(=O)C2CCC(C(F)(F)F)CC2)C1. The minimum absolute atomic E-state index is 0.0458. The molecule has 1 unspecified atom stereocenters. The van der Waals surface area contributed by atoms with Crippen molar-refractivity contribution in [2.45, 2.75) is 50.8 Å². The number of hydrogen-bond donors (Lipinski definition) is 1. The zero-order valence-corrected chi connectivity index (χ0v) is 11.0. The van der Waals surface area contributed by atoms with Crippen molar-refractivity contribution in [3.63, 3.8) is 0 Å². The van der Waals surface area contributed by atoms with Gasteiger partial charge in [-0.25, -0.2) is 0 Å². The molecule has 1 saturated heterocycles. The summed E-state index contributed by atoms with van der Waals surface area (Å²) in [4.78, 5) is 13.8. The number of hydrogen-bond acceptors (Lipinski definition) is 2. The normalized spacial score (nSPS) is 36.6. The van der Waals surface area contributed by atoms with Crippen LogP contribution < -0.4 is 0 Å². The molecule has 3 nitrogen and oxygen atoms in total. The maximum Gasteiger partial charge on any atom is 0.391 e. The van der Waals surface area contributed by atoms with Gasteiger partial charge in [0, 0.05) is 19.0 Å². The van der Waals surface area contributed by atoms with E-state index in [1.807, 2.05) is 0 Å². The van der Waals surface area contributed by atoms with Crippen molar-refractivity contribution in [3.05, 3.63) is 0 Å². The number of carbonyl (C=O) groups excluding carboxylic acids is 1. The molecule has 2 fully saturated rings. The summed E-state index contributed by atoms with van der Waals surface area (Å²) in [6.45, 7) is 2.48. The van der Waals surface area contributed by atoms with Crippen molar-refractivity contribution in [1.29, 1.82) is 0 Å². The number of likely N-dealkylation sites (tertiary alicyclic amines) is 1. The third kappa shape index (κ3) is 3.41. The van der Waals surface area contributed by atoms with Gasteiger partial charge >= 0.3 is 6.18 Å². The first-order valence-electron chi connectivity index (χ1n) is 6.77. The van der Waals surface area contributed by atoms with Crippen LogP contribution in [0.4, 0.5) is 13.2 Å². The first-order chi connectivity index (χ1) is 8.69. The topological polar surface area (TPSA) is 40.5 Å². The fourth-order valence-corrected chi connectivity index (χ4v) is 3.06. The summed E-state index contributed by atoms with van der Waals surface area (Å²) in [5.74, 6) is -1.64. The second-order valence-corrected chi connectivity index (χ2v) is 6.10. The van der Waals surface area contributed by atoms with Gasteiger partial charge in [0.15, 0.2) is 0 Å². The lowest BCUT2D eigenvalue weighted by atomic mass is 9.81. The van der Waals surface area contributed by atoms with Gasteiger partial charge in [-0.2, -0.15) is 13.2 Å². The first-order valence-corrected chi connectivity index (χ1v) is 6.77. The first kappa shape index (κ1) is 14.6. The second-order valence-electron chi connectivity index (χ2n) is 6.10. The number of nitrogens with zero attached hydrogens (tertiary/aromatic N) is 1. The summed E-state index contributed by atoms with van der Waals surface area (Å²) < 4.78 is 37.6. The summed E-state index contributed by atoms with van der Waals surface area (Å²) in [6, 6.07) is 0. The molecule has 1 aliphatic heterocycles. The molecule has 0 aromatic heterocycles. The number of halogens is 3. The molecule has 1 heterocycles. The average molecular weight is 279 g/mol. The molecule has 0 spiro atoms. The Morgan fingerprint density at radius 1 is 1.26 bits per heavy atom. The largest absolute Gasteiger partial charge is 0.391 e. The molecule has 110 valence electrons. The predicted molar refractivity (Wildman–Crippen MR) is 63.3 cm³/mol. The van der Waals surface area contributed by atoms with Gasteiger partial charge in [0.2, 0.25) is 5.91 Å². The highest BCUT2D eigenvalue weighted by molar-refractivity contribution is 5.79. The number of carbonyl (C=O) groups is 1. The Morgan fingerprint density at radius 3 is 2.26 bits per heavy atom. The van der Waals surface area contributed by atoms with Crippen molar-refractivity contribution in [3.8, 4) is 0 Å². The summed E-state index contributed by atoms with van der Waals surface area (Å²) in [6.07, 6.45) is -2.89. The number of β-amino-alcohol motifs (C(OH)–C–C–N with tert-alkyl or cyclic N) is 1. The lowest BCUT2D eigenvalue weighted by molar-refractivity contribution is -0.185. The highest BCUT2D eigenvalue weighted by atomic mass is 19.4. The lowest BCUT2D eigenvalue weighted by Crippen LogP contribution is -2.40. The molecule has 6 heteroatoms. The quantitative estimate of drug-likeness (QED) is 0.800. The van der Waals surface area contributed by atoms with E-state index in [2.05, 4.69) is 0 Å². The van der Waals surface area contributed by atoms with Crippen LogP contribution in [0.25, 0.3) is 0 Å². The van der Waals surface area contributed by atoms with Crippen LogP contribution in [0.1, 0.15) is 39.0 Å². The van der Waals surface area contributed by atoms with Crippen LogP contribution in [0.5, 0.6) is 0 Å². The summed E-state index contributed by atoms with van der Waals surface area (Å²) in [5.41, 5.74) is -0.848. The molecule has 2 aliphatic rings. The van der Waals surface area contributed by atoms with Gasteiger partial charge in [0.1, 0.15) is 0 Å². The third-order valence-corrected chi connectivity index (χ3v) is 4.30. The zero-order valence-electron chi connectivity index (χ0n) is 11.0. The Bertz CT molecular complexity index is 346. The number of aliphatic hydroxyl groups is 1. The van der Waals surface area contributed by atoms with E-state index < -0.39 is 17.7 Å². The molecule has 0 bridgehead atoms. The van der Waals surface area contributed by atoms with Crippen LogP contribution in [-0.4, -0.2) is 40.8 Å². The molecule has 0 aromatic rings. The predicted octanol–water partition coefficient (Wildman–Crippen LogP) is 2.34. The van der Waals surface area contributed by atoms with E-state index in [0.717, 1.165) is 0 Å². The molecular formula is C13H20F3NO2. The molecular weight excluding hydrogens is 259 g/mol. The molecule has 1 saturated carbocycles.